The standard InChI is InChI=1S/C19H18N2O3/c1-23-16-5-2-13(3-6-16)19(21-18(22)8-10-20)15-4-7-17-14(12-15)9-11-24-17/h2-7,12,19H,8-9,11H2,1H3,(H,21,22)/t19-/m1/s1. The van der Waals surface area contributed by atoms with Crippen LogP contribution in [-0.4, -0.2) is 19.6 Å². The number of nitrogens with zero attached hydrogens (tertiary/aromatic N) is 1. The largest absolute Gasteiger partial charge is 0.497 e. The molecule has 0 bridgehead atoms. The topological polar surface area (TPSA) is 71.3 Å². The number of carbonyl (C=O) groups excluding carboxylic acids is 1. The minimum absolute atomic E-state index is 0.166. The predicted octanol–water partition coefficient (Wildman–Crippen LogP) is 2.75. The summed E-state index contributed by atoms with van der Waals surface area (Å²) >= 11 is 0. The van der Waals surface area contributed by atoms with Crippen molar-refractivity contribution >= 4 is 5.91 Å². The van der Waals surface area contributed by atoms with Crippen LogP contribution in [0.15, 0.2) is 42.5 Å². The van der Waals surface area contributed by atoms with E-state index in [1.54, 1.807) is 7.11 Å². The lowest BCUT2D eigenvalue weighted by atomic mass is 9.96. The van der Waals surface area contributed by atoms with E-state index in [-0.39, 0.29) is 18.4 Å². The normalized spacial score (nSPS) is 13.3. The van der Waals surface area contributed by atoms with Gasteiger partial charge < -0.3 is 14.8 Å². The maximum atomic E-state index is 12.0. The number of hydrogen-bond acceptors (Lipinski definition) is 4. The molecule has 5 nitrogen and oxygen atoms in total. The van der Waals surface area contributed by atoms with E-state index in [0.29, 0.717) is 6.61 Å². The Kier molecular flexibility index (Phi) is 4.66. The first-order chi connectivity index (χ1) is 11.7. The van der Waals surface area contributed by atoms with E-state index in [1.165, 1.54) is 0 Å². The van der Waals surface area contributed by atoms with Gasteiger partial charge >= 0.3 is 0 Å². The van der Waals surface area contributed by atoms with Gasteiger partial charge in [-0.2, -0.15) is 5.26 Å². The van der Waals surface area contributed by atoms with Crippen molar-refractivity contribution in [3.8, 4) is 17.6 Å². The van der Waals surface area contributed by atoms with E-state index < -0.39 is 0 Å². The number of nitriles is 1. The molecule has 2 aromatic rings. The molecule has 1 aliphatic heterocycles. The van der Waals surface area contributed by atoms with E-state index in [1.807, 2.05) is 42.5 Å². The number of benzene rings is 2. The minimum Gasteiger partial charge on any atom is -0.497 e. The highest BCUT2D eigenvalue weighted by Gasteiger charge is 2.20. The Morgan fingerprint density at radius 1 is 1.29 bits per heavy atom. The van der Waals surface area contributed by atoms with Gasteiger partial charge in [-0.05, 0) is 41.0 Å². The molecular formula is C19H18N2O3. The molecule has 1 aliphatic rings. The van der Waals surface area contributed by atoms with Crippen LogP contribution in [0.4, 0.5) is 0 Å². The summed E-state index contributed by atoms with van der Waals surface area (Å²) in [5, 5.41) is 11.7. The molecular weight excluding hydrogens is 304 g/mol. The molecule has 2 aromatic carbocycles. The van der Waals surface area contributed by atoms with Gasteiger partial charge in [0.25, 0.3) is 0 Å². The molecule has 0 spiro atoms. The van der Waals surface area contributed by atoms with Gasteiger partial charge in [-0.1, -0.05) is 18.2 Å². The SMILES string of the molecule is COc1ccc([C@@H](NC(=O)CC#N)c2ccc3c(c2)CCO3)cc1. The van der Waals surface area contributed by atoms with E-state index in [9.17, 15) is 4.79 Å². The Hall–Kier alpha value is -3.00. The number of rotatable bonds is 5. The molecule has 5 heteroatoms. The molecule has 0 aliphatic carbocycles. The summed E-state index contributed by atoms with van der Waals surface area (Å²) in [6.45, 7) is 0.687. The van der Waals surface area contributed by atoms with Gasteiger partial charge in [0.05, 0.1) is 25.8 Å². The third-order valence-corrected chi connectivity index (χ3v) is 4.04. The van der Waals surface area contributed by atoms with E-state index >= 15 is 0 Å². The van der Waals surface area contributed by atoms with Gasteiger partial charge in [-0.3, -0.25) is 4.79 Å². The second-order valence-electron chi connectivity index (χ2n) is 5.57. The second-order valence-corrected chi connectivity index (χ2v) is 5.57. The second kappa shape index (κ2) is 7.05. The third-order valence-electron chi connectivity index (χ3n) is 4.04. The fourth-order valence-electron chi connectivity index (χ4n) is 2.83. The monoisotopic (exact) mass is 322 g/mol. The van der Waals surface area contributed by atoms with Gasteiger partial charge in [0.2, 0.25) is 5.91 Å². The lowest BCUT2D eigenvalue weighted by molar-refractivity contribution is -0.120. The molecule has 1 atom stereocenters. The fourth-order valence-corrected chi connectivity index (χ4v) is 2.83. The van der Waals surface area contributed by atoms with Crippen LogP contribution in [0.3, 0.4) is 0 Å². The van der Waals surface area contributed by atoms with Crippen LogP contribution in [0.1, 0.15) is 29.2 Å². The van der Waals surface area contributed by atoms with Crippen LogP contribution in [0.2, 0.25) is 0 Å². The Morgan fingerprint density at radius 2 is 2.04 bits per heavy atom. The lowest BCUT2D eigenvalue weighted by Gasteiger charge is -2.20. The van der Waals surface area contributed by atoms with E-state index in [4.69, 9.17) is 14.7 Å². The molecule has 0 fully saturated rings. The number of carbonyl (C=O) groups is 1. The zero-order valence-electron chi connectivity index (χ0n) is 13.4. The van der Waals surface area contributed by atoms with Crippen LogP contribution in [-0.2, 0) is 11.2 Å². The van der Waals surface area contributed by atoms with Crippen LogP contribution >= 0.6 is 0 Å². The highest BCUT2D eigenvalue weighted by Crippen LogP contribution is 2.31. The summed E-state index contributed by atoms with van der Waals surface area (Å²) in [5.41, 5.74) is 3.04. The minimum atomic E-state index is -0.317. The zero-order valence-corrected chi connectivity index (χ0v) is 13.4. The number of amides is 1. The number of fused-ring (bicyclic) bond motifs is 1. The summed E-state index contributed by atoms with van der Waals surface area (Å²) in [6, 6.07) is 15.1. The summed E-state index contributed by atoms with van der Waals surface area (Å²) in [5.74, 6) is 1.36. The Morgan fingerprint density at radius 3 is 2.75 bits per heavy atom. The summed E-state index contributed by atoms with van der Waals surface area (Å²) in [7, 11) is 1.61. The average molecular weight is 322 g/mol. The van der Waals surface area contributed by atoms with Crippen molar-refractivity contribution in [2.24, 2.45) is 0 Å². The van der Waals surface area contributed by atoms with E-state index in [2.05, 4.69) is 11.4 Å². The van der Waals surface area contributed by atoms with Crippen LogP contribution in [0.25, 0.3) is 0 Å². The van der Waals surface area contributed by atoms with Gasteiger partial charge in [-0.25, -0.2) is 0 Å². The van der Waals surface area contributed by atoms with Crippen molar-refractivity contribution in [3.05, 3.63) is 59.2 Å². The predicted molar refractivity (Wildman–Crippen MR) is 88.9 cm³/mol. The molecule has 0 radical (unpaired) electrons. The molecule has 24 heavy (non-hydrogen) atoms. The Balaban J connectivity index is 1.94. The first-order valence-electron chi connectivity index (χ1n) is 7.77. The fraction of sp³-hybridized carbons (Fsp3) is 0.263. The van der Waals surface area contributed by atoms with Gasteiger partial charge in [-0.15, -0.1) is 0 Å². The molecule has 0 saturated heterocycles. The number of nitrogens with one attached hydrogen (secondary N) is 1. The van der Waals surface area contributed by atoms with Crippen molar-refractivity contribution in [1.82, 2.24) is 5.32 Å². The highest BCUT2D eigenvalue weighted by molar-refractivity contribution is 5.79. The van der Waals surface area contributed by atoms with E-state index in [0.717, 1.165) is 34.6 Å². The third kappa shape index (κ3) is 3.33. The molecule has 0 unspecified atom stereocenters. The Bertz CT molecular complexity index is 778. The van der Waals surface area contributed by atoms with Gasteiger partial charge in [0.1, 0.15) is 17.9 Å². The van der Waals surface area contributed by atoms with Crippen LogP contribution in [0, 0.1) is 11.3 Å². The molecule has 1 heterocycles. The molecule has 1 amide bonds. The molecule has 1 N–H and O–H groups in total. The smallest absolute Gasteiger partial charge is 0.234 e. The maximum Gasteiger partial charge on any atom is 0.234 e. The highest BCUT2D eigenvalue weighted by atomic mass is 16.5. The maximum absolute atomic E-state index is 12.0. The van der Waals surface area contributed by atoms with Crippen molar-refractivity contribution in [2.45, 2.75) is 18.9 Å². The first kappa shape index (κ1) is 15.9. The molecule has 3 rings (SSSR count). The molecule has 122 valence electrons. The average Bonchev–Trinajstić information content (AvgIpc) is 3.08. The van der Waals surface area contributed by atoms with Crippen molar-refractivity contribution < 1.29 is 14.3 Å². The van der Waals surface area contributed by atoms with Crippen molar-refractivity contribution in [3.63, 3.8) is 0 Å². The zero-order chi connectivity index (χ0) is 16.9. The summed E-state index contributed by atoms with van der Waals surface area (Å²) in [6.07, 6.45) is 0.700. The molecule has 0 aromatic heterocycles. The quantitative estimate of drug-likeness (QED) is 0.919. The van der Waals surface area contributed by atoms with Crippen LogP contribution < -0.4 is 14.8 Å². The van der Waals surface area contributed by atoms with Gasteiger partial charge in [0, 0.05) is 6.42 Å². The summed E-state index contributed by atoms with van der Waals surface area (Å²) < 4.78 is 10.7. The number of methoxy groups -OCH3 is 1. The summed E-state index contributed by atoms with van der Waals surface area (Å²) in [4.78, 5) is 12.0. The Labute approximate surface area is 140 Å². The van der Waals surface area contributed by atoms with Crippen LogP contribution in [0.5, 0.6) is 11.5 Å². The van der Waals surface area contributed by atoms with Crippen molar-refractivity contribution in [2.75, 3.05) is 13.7 Å². The first-order valence-corrected chi connectivity index (χ1v) is 7.77. The van der Waals surface area contributed by atoms with Gasteiger partial charge in [0.15, 0.2) is 0 Å². The number of ether oxygens (including phenoxy) is 2. The molecule has 0 saturated carbocycles. The number of hydrogen-bond donors (Lipinski definition) is 1. The van der Waals surface area contributed by atoms with Crippen molar-refractivity contribution in [1.29, 1.82) is 5.26 Å². The lowest BCUT2D eigenvalue weighted by Crippen LogP contribution is -2.28.